The molecule has 3 heteroatoms. The van der Waals surface area contributed by atoms with Crippen molar-refractivity contribution in [1.82, 2.24) is 4.90 Å². The Morgan fingerprint density at radius 3 is 2.71 bits per heavy atom. The van der Waals surface area contributed by atoms with Crippen LogP contribution in [0.25, 0.3) is 0 Å². The average Bonchev–Trinajstić information content (AvgIpc) is 3.11. The number of para-hydroxylation sites is 1. The van der Waals surface area contributed by atoms with Crippen LogP contribution in [-0.4, -0.2) is 17.4 Å². The normalized spacial score (nSPS) is 27.0. The summed E-state index contributed by atoms with van der Waals surface area (Å²) in [7, 11) is 0. The van der Waals surface area contributed by atoms with Crippen LogP contribution in [0.15, 0.2) is 24.3 Å². The average molecular weight is 286 g/mol. The lowest BCUT2D eigenvalue weighted by Gasteiger charge is -2.29. The van der Waals surface area contributed by atoms with E-state index in [9.17, 15) is 4.79 Å². The van der Waals surface area contributed by atoms with Crippen LogP contribution < -0.4 is 5.73 Å². The third kappa shape index (κ3) is 2.92. The van der Waals surface area contributed by atoms with Crippen LogP contribution in [-0.2, 0) is 11.3 Å². The minimum atomic E-state index is 0.278. The largest absolute Gasteiger partial charge is 0.398 e. The molecular weight excluding hydrogens is 260 g/mol. The van der Waals surface area contributed by atoms with E-state index in [1.54, 1.807) is 0 Å². The minimum Gasteiger partial charge on any atom is -0.398 e. The molecule has 3 nitrogen and oxygen atoms in total. The molecule has 2 aliphatic rings. The van der Waals surface area contributed by atoms with E-state index in [2.05, 4.69) is 6.92 Å². The zero-order valence-electron chi connectivity index (χ0n) is 12.9. The molecule has 114 valence electrons. The van der Waals surface area contributed by atoms with E-state index in [0.29, 0.717) is 18.4 Å². The van der Waals surface area contributed by atoms with Crippen LogP contribution >= 0.6 is 0 Å². The number of carbonyl (C=O) groups is 1. The third-order valence-electron chi connectivity index (χ3n) is 5.28. The van der Waals surface area contributed by atoms with E-state index in [1.807, 2.05) is 29.2 Å². The summed E-state index contributed by atoms with van der Waals surface area (Å²) in [5.74, 6) is 2.11. The molecule has 3 rings (SSSR count). The van der Waals surface area contributed by atoms with Crippen molar-refractivity contribution in [2.24, 2.45) is 17.8 Å². The molecule has 0 aromatic heterocycles. The second-order valence-corrected chi connectivity index (χ2v) is 6.74. The van der Waals surface area contributed by atoms with Gasteiger partial charge in [-0.3, -0.25) is 4.79 Å². The molecule has 1 aromatic carbocycles. The van der Waals surface area contributed by atoms with Gasteiger partial charge in [-0.25, -0.2) is 0 Å². The number of rotatable bonds is 5. The molecule has 21 heavy (non-hydrogen) atoms. The van der Waals surface area contributed by atoms with E-state index >= 15 is 0 Å². The molecule has 0 radical (unpaired) electrons. The lowest BCUT2D eigenvalue weighted by molar-refractivity contribution is -0.137. The van der Waals surface area contributed by atoms with Gasteiger partial charge in [0.15, 0.2) is 0 Å². The quantitative estimate of drug-likeness (QED) is 0.843. The zero-order chi connectivity index (χ0) is 14.8. The number of benzene rings is 1. The zero-order valence-corrected chi connectivity index (χ0v) is 12.9. The monoisotopic (exact) mass is 286 g/mol. The van der Waals surface area contributed by atoms with Crippen molar-refractivity contribution in [3.05, 3.63) is 29.8 Å². The summed E-state index contributed by atoms with van der Waals surface area (Å²) in [6.45, 7) is 3.63. The lowest BCUT2D eigenvalue weighted by atomic mass is 9.87. The Morgan fingerprint density at radius 2 is 2.10 bits per heavy atom. The summed E-state index contributed by atoms with van der Waals surface area (Å²) in [4.78, 5) is 15.0. The van der Waals surface area contributed by atoms with E-state index in [4.69, 9.17) is 5.73 Å². The number of nitrogen functional groups attached to an aromatic ring is 1. The highest BCUT2D eigenvalue weighted by Crippen LogP contribution is 2.49. The van der Waals surface area contributed by atoms with Gasteiger partial charge in [0.2, 0.25) is 5.91 Å². The van der Waals surface area contributed by atoms with Gasteiger partial charge in [0.25, 0.3) is 0 Å². The van der Waals surface area contributed by atoms with Crippen molar-refractivity contribution in [2.75, 3.05) is 12.3 Å². The highest BCUT2D eigenvalue weighted by Gasteiger charge is 2.44. The molecule has 3 unspecified atom stereocenters. The second-order valence-electron chi connectivity index (χ2n) is 6.74. The van der Waals surface area contributed by atoms with Crippen molar-refractivity contribution in [3.63, 3.8) is 0 Å². The Morgan fingerprint density at radius 1 is 1.29 bits per heavy atom. The molecule has 2 fully saturated rings. The van der Waals surface area contributed by atoms with E-state index < -0.39 is 0 Å². The maximum absolute atomic E-state index is 12.9. The Hall–Kier alpha value is -1.51. The first-order chi connectivity index (χ1) is 10.2. The predicted molar refractivity (Wildman–Crippen MR) is 85.5 cm³/mol. The van der Waals surface area contributed by atoms with Gasteiger partial charge in [-0.05, 0) is 49.1 Å². The third-order valence-corrected chi connectivity index (χ3v) is 5.28. The van der Waals surface area contributed by atoms with Crippen molar-refractivity contribution in [3.8, 4) is 0 Å². The number of nitrogens with two attached hydrogens (primary N) is 1. The van der Waals surface area contributed by atoms with E-state index in [-0.39, 0.29) is 5.92 Å². The second kappa shape index (κ2) is 6.08. The van der Waals surface area contributed by atoms with Crippen LogP contribution in [0.2, 0.25) is 0 Å². The minimum absolute atomic E-state index is 0.278. The lowest BCUT2D eigenvalue weighted by Crippen LogP contribution is -2.38. The van der Waals surface area contributed by atoms with Crippen molar-refractivity contribution >= 4 is 11.6 Å². The van der Waals surface area contributed by atoms with Crippen LogP contribution in [0.4, 0.5) is 5.69 Å². The molecule has 0 saturated heterocycles. The molecule has 2 bridgehead atoms. The van der Waals surface area contributed by atoms with E-state index in [0.717, 1.165) is 36.6 Å². The van der Waals surface area contributed by atoms with Gasteiger partial charge in [0.1, 0.15) is 0 Å². The van der Waals surface area contributed by atoms with E-state index in [1.165, 1.54) is 19.3 Å². The first-order valence-electron chi connectivity index (χ1n) is 8.31. The Labute approximate surface area is 127 Å². The van der Waals surface area contributed by atoms with Gasteiger partial charge in [-0.2, -0.15) is 0 Å². The summed E-state index contributed by atoms with van der Waals surface area (Å²) in [6, 6.07) is 7.89. The summed E-state index contributed by atoms with van der Waals surface area (Å²) in [5, 5.41) is 0. The summed E-state index contributed by atoms with van der Waals surface area (Å²) in [5.41, 5.74) is 7.90. The number of carbonyl (C=O) groups excluding carboxylic acids is 1. The van der Waals surface area contributed by atoms with Gasteiger partial charge in [0.05, 0.1) is 0 Å². The number of fused-ring (bicyclic) bond motifs is 2. The molecular formula is C18H26N2O. The van der Waals surface area contributed by atoms with Gasteiger partial charge < -0.3 is 10.6 Å². The summed E-state index contributed by atoms with van der Waals surface area (Å²) < 4.78 is 0. The summed E-state index contributed by atoms with van der Waals surface area (Å²) >= 11 is 0. The number of hydrogen-bond donors (Lipinski definition) is 1. The van der Waals surface area contributed by atoms with Crippen LogP contribution in [0.3, 0.4) is 0 Å². The molecule has 3 atom stereocenters. The van der Waals surface area contributed by atoms with Crippen molar-refractivity contribution in [1.29, 1.82) is 0 Å². The number of hydrogen-bond acceptors (Lipinski definition) is 2. The molecule has 0 aliphatic heterocycles. The molecule has 2 N–H and O–H groups in total. The van der Waals surface area contributed by atoms with Crippen LogP contribution in [0, 0.1) is 17.8 Å². The number of anilines is 1. The Bertz CT molecular complexity index is 514. The molecule has 0 spiro atoms. The van der Waals surface area contributed by atoms with Gasteiger partial charge in [-0.1, -0.05) is 31.5 Å². The Kier molecular flexibility index (Phi) is 4.18. The number of amides is 1. The topological polar surface area (TPSA) is 46.3 Å². The first kappa shape index (κ1) is 14.4. The SMILES string of the molecule is CCCN(Cc1ccccc1N)C(=O)C1CC2CCC1C2. The van der Waals surface area contributed by atoms with Crippen LogP contribution in [0.1, 0.15) is 44.6 Å². The molecule has 2 saturated carbocycles. The summed E-state index contributed by atoms with van der Waals surface area (Å²) in [6.07, 6.45) is 6.00. The van der Waals surface area contributed by atoms with Gasteiger partial charge in [-0.15, -0.1) is 0 Å². The van der Waals surface area contributed by atoms with Crippen molar-refractivity contribution < 1.29 is 4.79 Å². The number of nitrogens with zero attached hydrogens (tertiary/aromatic N) is 1. The molecule has 1 amide bonds. The smallest absolute Gasteiger partial charge is 0.226 e. The first-order valence-corrected chi connectivity index (χ1v) is 8.31. The Balaban J connectivity index is 1.72. The highest BCUT2D eigenvalue weighted by molar-refractivity contribution is 5.80. The molecule has 0 heterocycles. The standard InChI is InChI=1S/C18H26N2O/c1-2-9-20(12-15-5-3-4-6-17(15)19)18(21)16-11-13-7-8-14(16)10-13/h3-6,13-14,16H,2,7-12,19H2,1H3. The van der Waals surface area contributed by atoms with Gasteiger partial charge >= 0.3 is 0 Å². The van der Waals surface area contributed by atoms with Gasteiger partial charge in [0, 0.05) is 24.7 Å². The fraction of sp³-hybridized carbons (Fsp3) is 0.611. The predicted octanol–water partition coefficient (Wildman–Crippen LogP) is 3.44. The fourth-order valence-corrected chi connectivity index (χ4v) is 4.20. The molecule has 2 aliphatic carbocycles. The molecule has 1 aromatic rings. The highest BCUT2D eigenvalue weighted by atomic mass is 16.2. The fourth-order valence-electron chi connectivity index (χ4n) is 4.20. The van der Waals surface area contributed by atoms with Crippen molar-refractivity contribution in [2.45, 2.75) is 45.6 Å². The van der Waals surface area contributed by atoms with Crippen LogP contribution in [0.5, 0.6) is 0 Å². The maximum Gasteiger partial charge on any atom is 0.226 e. The maximum atomic E-state index is 12.9.